The first-order valence-electron chi connectivity index (χ1n) is 4.38. The summed E-state index contributed by atoms with van der Waals surface area (Å²) in [6.07, 6.45) is 3.34. The van der Waals surface area contributed by atoms with Crippen LogP contribution in [0.4, 0.5) is 0 Å². The summed E-state index contributed by atoms with van der Waals surface area (Å²) in [5, 5.41) is 8.78. The Morgan fingerprint density at radius 2 is 2.09 bits per heavy atom. The van der Waals surface area contributed by atoms with Crippen molar-refractivity contribution in [3.05, 3.63) is 11.1 Å². The molecule has 0 radical (unpaired) electrons. The number of aliphatic hydroxyl groups is 1. The summed E-state index contributed by atoms with van der Waals surface area (Å²) in [4.78, 5) is 0. The lowest BCUT2D eigenvalue weighted by Crippen LogP contribution is -2.07. The fourth-order valence-electron chi connectivity index (χ4n) is 1.76. The third-order valence-electron chi connectivity index (χ3n) is 3.01. The first-order valence-corrected chi connectivity index (χ1v) is 4.38. The molecule has 0 heterocycles. The highest BCUT2D eigenvalue weighted by molar-refractivity contribution is 5.24. The van der Waals surface area contributed by atoms with Gasteiger partial charge in [-0.3, -0.25) is 0 Å². The number of rotatable bonds is 2. The molecule has 1 heteroatoms. The second-order valence-electron chi connectivity index (χ2n) is 4.09. The van der Waals surface area contributed by atoms with Crippen molar-refractivity contribution in [3.63, 3.8) is 0 Å². The zero-order valence-electron chi connectivity index (χ0n) is 7.78. The zero-order chi connectivity index (χ0) is 8.48. The molecule has 1 aliphatic rings. The molecule has 0 aromatic carbocycles. The molecular formula is C10H18O. The fourth-order valence-corrected chi connectivity index (χ4v) is 1.76. The van der Waals surface area contributed by atoms with Gasteiger partial charge in [-0.05, 0) is 31.6 Å². The van der Waals surface area contributed by atoms with E-state index < -0.39 is 0 Å². The van der Waals surface area contributed by atoms with Crippen LogP contribution in [0.2, 0.25) is 0 Å². The van der Waals surface area contributed by atoms with Gasteiger partial charge in [0.25, 0.3) is 0 Å². The lowest BCUT2D eigenvalue weighted by Gasteiger charge is -2.19. The molecule has 0 fully saturated rings. The summed E-state index contributed by atoms with van der Waals surface area (Å²) in [6, 6.07) is 0. The van der Waals surface area contributed by atoms with E-state index in [9.17, 15) is 0 Å². The van der Waals surface area contributed by atoms with Gasteiger partial charge in [0, 0.05) is 6.61 Å². The molecule has 1 rings (SSSR count). The molecule has 0 aromatic heterocycles. The SMILES string of the molecule is CC1=C(CCO)CCC1(C)C. The molecular weight excluding hydrogens is 136 g/mol. The maximum absolute atomic E-state index is 8.78. The van der Waals surface area contributed by atoms with Crippen LogP contribution in [0.15, 0.2) is 11.1 Å². The second-order valence-corrected chi connectivity index (χ2v) is 4.09. The number of hydrogen-bond donors (Lipinski definition) is 1. The summed E-state index contributed by atoms with van der Waals surface area (Å²) < 4.78 is 0. The highest BCUT2D eigenvalue weighted by atomic mass is 16.2. The van der Waals surface area contributed by atoms with Gasteiger partial charge < -0.3 is 5.11 Å². The Morgan fingerprint density at radius 1 is 1.45 bits per heavy atom. The van der Waals surface area contributed by atoms with Crippen LogP contribution in [-0.4, -0.2) is 11.7 Å². The molecule has 0 atom stereocenters. The van der Waals surface area contributed by atoms with Crippen LogP contribution in [0.5, 0.6) is 0 Å². The molecule has 0 aromatic rings. The van der Waals surface area contributed by atoms with Crippen molar-refractivity contribution in [1.82, 2.24) is 0 Å². The van der Waals surface area contributed by atoms with E-state index in [1.54, 1.807) is 0 Å². The molecule has 0 saturated carbocycles. The lowest BCUT2D eigenvalue weighted by atomic mass is 9.86. The van der Waals surface area contributed by atoms with Crippen LogP contribution in [0.25, 0.3) is 0 Å². The van der Waals surface area contributed by atoms with Gasteiger partial charge in [0.05, 0.1) is 0 Å². The van der Waals surface area contributed by atoms with Gasteiger partial charge >= 0.3 is 0 Å². The van der Waals surface area contributed by atoms with Crippen LogP contribution < -0.4 is 0 Å². The minimum Gasteiger partial charge on any atom is -0.396 e. The first kappa shape index (κ1) is 8.79. The molecule has 0 spiro atoms. The van der Waals surface area contributed by atoms with E-state index in [2.05, 4.69) is 20.8 Å². The number of hydrogen-bond acceptors (Lipinski definition) is 1. The molecule has 11 heavy (non-hydrogen) atoms. The van der Waals surface area contributed by atoms with E-state index in [1.807, 2.05) is 0 Å². The monoisotopic (exact) mass is 154 g/mol. The molecule has 0 unspecified atom stereocenters. The third-order valence-corrected chi connectivity index (χ3v) is 3.01. The molecule has 0 bridgehead atoms. The van der Waals surface area contributed by atoms with Crippen LogP contribution >= 0.6 is 0 Å². The molecule has 1 aliphatic carbocycles. The molecule has 0 saturated heterocycles. The maximum Gasteiger partial charge on any atom is 0.0468 e. The fraction of sp³-hybridized carbons (Fsp3) is 0.800. The zero-order valence-corrected chi connectivity index (χ0v) is 7.78. The summed E-state index contributed by atoms with van der Waals surface area (Å²) >= 11 is 0. The van der Waals surface area contributed by atoms with Crippen molar-refractivity contribution < 1.29 is 5.11 Å². The van der Waals surface area contributed by atoms with Crippen molar-refractivity contribution in [2.24, 2.45) is 5.41 Å². The van der Waals surface area contributed by atoms with Crippen molar-refractivity contribution in [2.45, 2.75) is 40.0 Å². The minimum atomic E-state index is 0.308. The smallest absolute Gasteiger partial charge is 0.0468 e. The topological polar surface area (TPSA) is 20.2 Å². The summed E-state index contributed by atoms with van der Waals surface area (Å²) in [6.45, 7) is 7.08. The van der Waals surface area contributed by atoms with Gasteiger partial charge in [-0.15, -0.1) is 0 Å². The Hall–Kier alpha value is -0.300. The van der Waals surface area contributed by atoms with Crippen LogP contribution in [0, 0.1) is 5.41 Å². The lowest BCUT2D eigenvalue weighted by molar-refractivity contribution is 0.298. The third kappa shape index (κ3) is 1.64. The van der Waals surface area contributed by atoms with Crippen LogP contribution in [-0.2, 0) is 0 Å². The highest BCUT2D eigenvalue weighted by Gasteiger charge is 2.28. The van der Waals surface area contributed by atoms with E-state index in [1.165, 1.54) is 24.0 Å². The average Bonchev–Trinajstić information content (AvgIpc) is 2.17. The predicted molar refractivity (Wildman–Crippen MR) is 47.4 cm³/mol. The minimum absolute atomic E-state index is 0.308. The van der Waals surface area contributed by atoms with E-state index in [-0.39, 0.29) is 0 Å². The maximum atomic E-state index is 8.78. The summed E-state index contributed by atoms with van der Waals surface area (Å²) in [5.74, 6) is 0. The van der Waals surface area contributed by atoms with Crippen molar-refractivity contribution in [2.75, 3.05) is 6.61 Å². The van der Waals surface area contributed by atoms with E-state index >= 15 is 0 Å². The number of allylic oxidation sites excluding steroid dienone is 1. The second kappa shape index (κ2) is 2.98. The Labute approximate surface area is 69.1 Å². The standard InChI is InChI=1S/C10H18O/c1-8-9(5-7-11)4-6-10(8,2)3/h11H,4-7H2,1-3H3. The van der Waals surface area contributed by atoms with Gasteiger partial charge in [-0.2, -0.15) is 0 Å². The van der Waals surface area contributed by atoms with E-state index in [4.69, 9.17) is 5.11 Å². The molecule has 1 nitrogen and oxygen atoms in total. The van der Waals surface area contributed by atoms with Crippen LogP contribution in [0.1, 0.15) is 40.0 Å². The Bertz CT molecular complexity index is 177. The Kier molecular flexibility index (Phi) is 2.38. The molecule has 0 amide bonds. The first-order chi connectivity index (χ1) is 5.08. The van der Waals surface area contributed by atoms with Crippen LogP contribution in [0.3, 0.4) is 0 Å². The molecule has 64 valence electrons. The molecule has 0 aliphatic heterocycles. The largest absolute Gasteiger partial charge is 0.396 e. The average molecular weight is 154 g/mol. The Morgan fingerprint density at radius 3 is 2.45 bits per heavy atom. The van der Waals surface area contributed by atoms with Gasteiger partial charge in [0.2, 0.25) is 0 Å². The van der Waals surface area contributed by atoms with Crippen molar-refractivity contribution in [1.29, 1.82) is 0 Å². The van der Waals surface area contributed by atoms with Gasteiger partial charge in [0.1, 0.15) is 0 Å². The van der Waals surface area contributed by atoms with Crippen molar-refractivity contribution in [3.8, 4) is 0 Å². The highest BCUT2D eigenvalue weighted by Crippen LogP contribution is 2.42. The molecule has 1 N–H and O–H groups in total. The normalized spacial score (nSPS) is 22.9. The van der Waals surface area contributed by atoms with E-state index in [0.29, 0.717) is 12.0 Å². The summed E-state index contributed by atoms with van der Waals surface area (Å²) in [5.41, 5.74) is 3.38. The van der Waals surface area contributed by atoms with Crippen molar-refractivity contribution >= 4 is 0 Å². The summed E-state index contributed by atoms with van der Waals surface area (Å²) in [7, 11) is 0. The van der Waals surface area contributed by atoms with Gasteiger partial charge in [-0.1, -0.05) is 25.0 Å². The predicted octanol–water partition coefficient (Wildman–Crippen LogP) is 2.51. The van der Waals surface area contributed by atoms with Gasteiger partial charge in [0.15, 0.2) is 0 Å². The number of aliphatic hydroxyl groups excluding tert-OH is 1. The Balaban J connectivity index is 2.72. The quantitative estimate of drug-likeness (QED) is 0.606. The van der Waals surface area contributed by atoms with Gasteiger partial charge in [-0.25, -0.2) is 0 Å². The van der Waals surface area contributed by atoms with E-state index in [0.717, 1.165) is 6.42 Å².